The molecule has 0 spiro atoms. The van der Waals surface area contributed by atoms with E-state index in [4.69, 9.17) is 14.2 Å². The Labute approximate surface area is 274 Å². The molecule has 1 atom stereocenters. The van der Waals surface area contributed by atoms with Gasteiger partial charge in [0, 0.05) is 19.4 Å². The van der Waals surface area contributed by atoms with Crippen LogP contribution in [0, 0.1) is 0 Å². The monoisotopic (exact) mass is 625 g/mol. The van der Waals surface area contributed by atoms with Crippen molar-refractivity contribution in [1.29, 1.82) is 0 Å². The molecule has 0 amide bonds. The summed E-state index contributed by atoms with van der Waals surface area (Å²) in [5.74, 6) is -0.402. The molecule has 5 heteroatoms. The molecule has 0 aliphatic heterocycles. The Hall–Kier alpha value is -1.10. The predicted octanol–water partition coefficient (Wildman–Crippen LogP) is 12.2. The largest absolute Gasteiger partial charge is 0.462 e. The van der Waals surface area contributed by atoms with Crippen LogP contribution in [0.15, 0.2) is 0 Å². The highest BCUT2D eigenvalue weighted by atomic mass is 16.6. The first-order valence-corrected chi connectivity index (χ1v) is 19.6. The Morgan fingerprint density at radius 3 is 1.16 bits per heavy atom. The number of hydrogen-bond acceptors (Lipinski definition) is 5. The molecule has 0 saturated heterocycles. The Bertz CT molecular complexity index is 593. The molecular formula is C39H76O5. The zero-order chi connectivity index (χ0) is 32.2. The molecule has 0 saturated carbocycles. The lowest BCUT2D eigenvalue weighted by Gasteiger charge is -2.18. The van der Waals surface area contributed by atoms with Gasteiger partial charge >= 0.3 is 11.9 Å². The van der Waals surface area contributed by atoms with E-state index in [9.17, 15) is 9.59 Å². The van der Waals surface area contributed by atoms with Crippen LogP contribution in [-0.2, 0) is 23.8 Å². The topological polar surface area (TPSA) is 61.8 Å². The molecule has 0 rings (SSSR count). The van der Waals surface area contributed by atoms with Crippen LogP contribution in [0.25, 0.3) is 0 Å². The third-order valence-electron chi connectivity index (χ3n) is 8.64. The minimum atomic E-state index is -0.516. The molecular weight excluding hydrogens is 548 g/mol. The number of esters is 2. The number of carbonyl (C=O) groups is 2. The van der Waals surface area contributed by atoms with Gasteiger partial charge in [-0.1, -0.05) is 181 Å². The molecule has 0 radical (unpaired) electrons. The maximum Gasteiger partial charge on any atom is 0.306 e. The van der Waals surface area contributed by atoms with E-state index in [1.54, 1.807) is 0 Å². The molecule has 0 heterocycles. The summed E-state index contributed by atoms with van der Waals surface area (Å²) in [4.78, 5) is 24.8. The van der Waals surface area contributed by atoms with Crippen molar-refractivity contribution in [2.75, 3.05) is 19.8 Å². The maximum absolute atomic E-state index is 12.4. The van der Waals surface area contributed by atoms with Gasteiger partial charge in [0.1, 0.15) is 6.61 Å². The van der Waals surface area contributed by atoms with Crippen LogP contribution in [0.3, 0.4) is 0 Å². The van der Waals surface area contributed by atoms with Gasteiger partial charge in [-0.25, -0.2) is 0 Å². The first-order chi connectivity index (χ1) is 21.6. The second-order valence-electron chi connectivity index (χ2n) is 13.2. The molecule has 1 unspecified atom stereocenters. The highest BCUT2D eigenvalue weighted by molar-refractivity contribution is 5.70. The standard InChI is InChI=1S/C39H76O5/c1-4-7-10-13-15-16-17-18-19-20-21-22-23-24-25-27-29-32-38(40)43-36-37(35-42-34-31-28-14-11-8-5-2)44-39(41)33-30-26-12-9-6-3/h37H,4-36H2,1-3H3. The molecule has 262 valence electrons. The fourth-order valence-electron chi connectivity index (χ4n) is 5.69. The minimum Gasteiger partial charge on any atom is -0.462 e. The van der Waals surface area contributed by atoms with E-state index in [0.29, 0.717) is 26.1 Å². The zero-order valence-electron chi connectivity index (χ0n) is 30.0. The molecule has 0 aliphatic carbocycles. The lowest BCUT2D eigenvalue weighted by Crippen LogP contribution is -2.30. The van der Waals surface area contributed by atoms with Crippen molar-refractivity contribution in [3.63, 3.8) is 0 Å². The van der Waals surface area contributed by atoms with Gasteiger partial charge < -0.3 is 14.2 Å². The molecule has 5 nitrogen and oxygen atoms in total. The van der Waals surface area contributed by atoms with Gasteiger partial charge in [-0.05, 0) is 19.3 Å². The predicted molar refractivity (Wildman–Crippen MR) is 187 cm³/mol. The smallest absolute Gasteiger partial charge is 0.306 e. The van der Waals surface area contributed by atoms with Crippen molar-refractivity contribution in [3.05, 3.63) is 0 Å². The van der Waals surface area contributed by atoms with E-state index >= 15 is 0 Å². The molecule has 0 aliphatic rings. The van der Waals surface area contributed by atoms with Crippen molar-refractivity contribution < 1.29 is 23.8 Å². The van der Waals surface area contributed by atoms with Crippen molar-refractivity contribution >= 4 is 11.9 Å². The SMILES string of the molecule is CCCCCCCCCCCCCCCCCCCC(=O)OCC(COCCCCCCCC)OC(=O)CCCCCCC. The third-order valence-corrected chi connectivity index (χ3v) is 8.64. The van der Waals surface area contributed by atoms with Gasteiger partial charge in [-0.15, -0.1) is 0 Å². The van der Waals surface area contributed by atoms with Crippen LogP contribution in [0.1, 0.15) is 213 Å². The second-order valence-corrected chi connectivity index (χ2v) is 13.2. The number of ether oxygens (including phenoxy) is 3. The summed E-state index contributed by atoms with van der Waals surface area (Å²) in [6, 6.07) is 0. The van der Waals surface area contributed by atoms with Crippen LogP contribution >= 0.6 is 0 Å². The molecule has 0 fully saturated rings. The second kappa shape index (κ2) is 36.4. The molecule has 0 bridgehead atoms. The van der Waals surface area contributed by atoms with E-state index in [-0.39, 0.29) is 18.5 Å². The van der Waals surface area contributed by atoms with Crippen molar-refractivity contribution in [3.8, 4) is 0 Å². The fourth-order valence-corrected chi connectivity index (χ4v) is 5.69. The van der Waals surface area contributed by atoms with Crippen molar-refractivity contribution in [1.82, 2.24) is 0 Å². The van der Waals surface area contributed by atoms with Crippen LogP contribution in [0.2, 0.25) is 0 Å². The van der Waals surface area contributed by atoms with E-state index < -0.39 is 6.10 Å². The minimum absolute atomic E-state index is 0.0931. The average molecular weight is 625 g/mol. The van der Waals surface area contributed by atoms with Crippen molar-refractivity contribution in [2.45, 2.75) is 219 Å². The number of rotatable bonds is 36. The van der Waals surface area contributed by atoms with Gasteiger partial charge in [0.2, 0.25) is 0 Å². The zero-order valence-corrected chi connectivity index (χ0v) is 30.0. The number of unbranched alkanes of at least 4 members (excludes halogenated alkanes) is 25. The summed E-state index contributed by atoms with van der Waals surface area (Å²) in [7, 11) is 0. The van der Waals surface area contributed by atoms with Crippen LogP contribution < -0.4 is 0 Å². The highest BCUT2D eigenvalue weighted by Crippen LogP contribution is 2.15. The Kier molecular flexibility index (Phi) is 35.5. The van der Waals surface area contributed by atoms with Crippen LogP contribution in [0.4, 0.5) is 0 Å². The Morgan fingerprint density at radius 2 is 0.750 bits per heavy atom. The van der Waals surface area contributed by atoms with Gasteiger partial charge in [-0.2, -0.15) is 0 Å². The van der Waals surface area contributed by atoms with Gasteiger partial charge in [0.05, 0.1) is 6.61 Å². The Morgan fingerprint density at radius 1 is 0.409 bits per heavy atom. The molecule has 0 N–H and O–H groups in total. The van der Waals surface area contributed by atoms with Crippen molar-refractivity contribution in [2.24, 2.45) is 0 Å². The fraction of sp³-hybridized carbons (Fsp3) is 0.949. The quantitative estimate of drug-likeness (QED) is 0.0512. The summed E-state index contributed by atoms with van der Waals surface area (Å²) in [5, 5.41) is 0. The van der Waals surface area contributed by atoms with E-state index in [0.717, 1.165) is 44.9 Å². The summed E-state index contributed by atoms with van der Waals surface area (Å²) in [5.41, 5.74) is 0. The first kappa shape index (κ1) is 42.9. The van der Waals surface area contributed by atoms with Gasteiger partial charge in [0.15, 0.2) is 6.10 Å². The molecule has 0 aromatic carbocycles. The van der Waals surface area contributed by atoms with E-state index in [1.807, 2.05) is 0 Å². The van der Waals surface area contributed by atoms with E-state index in [1.165, 1.54) is 135 Å². The molecule has 44 heavy (non-hydrogen) atoms. The lowest BCUT2D eigenvalue weighted by atomic mass is 10.0. The molecule has 0 aromatic heterocycles. The highest BCUT2D eigenvalue weighted by Gasteiger charge is 2.17. The summed E-state index contributed by atoms with van der Waals surface area (Å²) in [6.07, 6.45) is 35.6. The lowest BCUT2D eigenvalue weighted by molar-refractivity contribution is -0.163. The third kappa shape index (κ3) is 33.8. The Balaban J connectivity index is 3.91. The number of carbonyl (C=O) groups excluding carboxylic acids is 2. The molecule has 0 aromatic rings. The first-order valence-electron chi connectivity index (χ1n) is 19.6. The summed E-state index contributed by atoms with van der Waals surface area (Å²) in [6.45, 7) is 7.74. The summed E-state index contributed by atoms with van der Waals surface area (Å²) < 4.78 is 17.0. The van der Waals surface area contributed by atoms with Gasteiger partial charge in [-0.3, -0.25) is 9.59 Å². The van der Waals surface area contributed by atoms with E-state index in [2.05, 4.69) is 20.8 Å². The van der Waals surface area contributed by atoms with Crippen LogP contribution in [0.5, 0.6) is 0 Å². The van der Waals surface area contributed by atoms with Gasteiger partial charge in [0.25, 0.3) is 0 Å². The number of hydrogen-bond donors (Lipinski definition) is 0. The van der Waals surface area contributed by atoms with Crippen LogP contribution in [-0.4, -0.2) is 37.9 Å². The summed E-state index contributed by atoms with van der Waals surface area (Å²) >= 11 is 0. The maximum atomic E-state index is 12.4. The normalized spacial score (nSPS) is 12.0. The average Bonchev–Trinajstić information content (AvgIpc) is 3.02.